The molecule has 14 heteroatoms. The topological polar surface area (TPSA) is 128 Å². The van der Waals surface area contributed by atoms with Crippen LogP contribution in [0.5, 0.6) is 0 Å². The minimum atomic E-state index is -3.90. The number of nitrogens with zero attached hydrogens (tertiary/aromatic N) is 2. The van der Waals surface area contributed by atoms with Gasteiger partial charge in [-0.25, -0.2) is 25.5 Å². The van der Waals surface area contributed by atoms with Crippen molar-refractivity contribution in [2.45, 2.75) is 43.8 Å². The SMILES string of the molecule is CCCS(=O)(=O)N1CC(CS(=O)(=O)NNC(=O)C2CC(C3CN(C)CN3)CC(Cl)C2F)C1. The Bertz CT molecular complexity index is 886. The molecule has 0 aromatic carbocycles. The van der Waals surface area contributed by atoms with Crippen LogP contribution in [0.2, 0.25) is 0 Å². The van der Waals surface area contributed by atoms with E-state index >= 15 is 0 Å². The standard InChI is InChI=1S/C18H33ClFN5O5S2/c1-3-4-32(29,30)25-7-12(8-25)10-31(27,28)23-22-18(26)14-5-13(6-15(19)17(14)20)16-9-24(2)11-21-16/h12-17,21,23H,3-11H2,1-2H3,(H,22,26). The summed E-state index contributed by atoms with van der Waals surface area (Å²) < 4.78 is 64.5. The van der Waals surface area contributed by atoms with Crippen molar-refractivity contribution in [2.75, 3.05) is 44.9 Å². The van der Waals surface area contributed by atoms with Gasteiger partial charge in [0.15, 0.2) is 0 Å². The summed E-state index contributed by atoms with van der Waals surface area (Å²) in [5.74, 6) is -2.45. The minimum absolute atomic E-state index is 0.00726. The molecule has 0 aromatic heterocycles. The highest BCUT2D eigenvalue weighted by molar-refractivity contribution is 7.89. The van der Waals surface area contributed by atoms with E-state index in [9.17, 15) is 26.0 Å². The van der Waals surface area contributed by atoms with Crippen molar-refractivity contribution in [3.05, 3.63) is 0 Å². The predicted molar refractivity (Wildman–Crippen MR) is 119 cm³/mol. The highest BCUT2D eigenvalue weighted by Crippen LogP contribution is 2.37. The van der Waals surface area contributed by atoms with Crippen LogP contribution in [-0.2, 0) is 24.8 Å². The van der Waals surface area contributed by atoms with Crippen LogP contribution >= 0.6 is 11.6 Å². The Morgan fingerprint density at radius 3 is 2.47 bits per heavy atom. The summed E-state index contributed by atoms with van der Waals surface area (Å²) in [7, 11) is -5.28. The van der Waals surface area contributed by atoms with Crippen LogP contribution in [0.15, 0.2) is 0 Å². The monoisotopic (exact) mass is 517 g/mol. The Hall–Kier alpha value is -0.570. The van der Waals surface area contributed by atoms with Crippen LogP contribution in [0.1, 0.15) is 26.2 Å². The van der Waals surface area contributed by atoms with Gasteiger partial charge in [0.05, 0.1) is 22.8 Å². The van der Waals surface area contributed by atoms with Crippen molar-refractivity contribution in [1.82, 2.24) is 24.8 Å². The van der Waals surface area contributed by atoms with Gasteiger partial charge < -0.3 is 0 Å². The Morgan fingerprint density at radius 1 is 1.19 bits per heavy atom. The Balaban J connectivity index is 1.49. The summed E-state index contributed by atoms with van der Waals surface area (Å²) in [4.78, 5) is 16.7. The molecule has 32 heavy (non-hydrogen) atoms. The van der Waals surface area contributed by atoms with E-state index in [0.717, 1.165) is 6.54 Å². The number of carbonyl (C=O) groups is 1. The molecule has 2 aliphatic heterocycles. The molecule has 0 spiro atoms. The lowest BCUT2D eigenvalue weighted by molar-refractivity contribution is -0.129. The molecular formula is C18H33ClFN5O5S2. The third-order valence-electron chi connectivity index (χ3n) is 6.42. The average molecular weight is 518 g/mol. The lowest BCUT2D eigenvalue weighted by atomic mass is 9.76. The van der Waals surface area contributed by atoms with E-state index in [1.807, 2.05) is 11.9 Å². The van der Waals surface area contributed by atoms with Crippen LogP contribution in [0, 0.1) is 17.8 Å². The molecule has 5 unspecified atom stereocenters. The first-order chi connectivity index (χ1) is 14.9. The van der Waals surface area contributed by atoms with Crippen LogP contribution in [-0.4, -0.2) is 94.4 Å². The Labute approximate surface area is 194 Å². The molecule has 0 radical (unpaired) electrons. The maximum Gasteiger partial charge on any atom is 0.241 e. The van der Waals surface area contributed by atoms with Gasteiger partial charge in [-0.3, -0.25) is 20.4 Å². The molecule has 5 atom stereocenters. The molecule has 0 bridgehead atoms. The molecule has 3 aliphatic rings. The molecule has 1 saturated carbocycles. The number of nitrogens with one attached hydrogen (secondary N) is 3. The lowest BCUT2D eigenvalue weighted by Gasteiger charge is -2.38. The largest absolute Gasteiger partial charge is 0.300 e. The second-order valence-corrected chi connectivity index (χ2v) is 13.6. The number of hydrazine groups is 1. The van der Waals surface area contributed by atoms with Gasteiger partial charge >= 0.3 is 0 Å². The molecular weight excluding hydrogens is 485 g/mol. The van der Waals surface area contributed by atoms with Gasteiger partial charge in [-0.2, -0.15) is 0 Å². The number of halogens is 2. The van der Waals surface area contributed by atoms with Gasteiger partial charge in [0, 0.05) is 38.3 Å². The quantitative estimate of drug-likeness (QED) is 0.276. The van der Waals surface area contributed by atoms with E-state index in [2.05, 4.69) is 15.6 Å². The molecule has 0 aromatic rings. The van der Waals surface area contributed by atoms with Gasteiger partial charge in [-0.1, -0.05) is 6.92 Å². The average Bonchev–Trinajstić information content (AvgIpc) is 3.11. The zero-order valence-electron chi connectivity index (χ0n) is 18.3. The highest BCUT2D eigenvalue weighted by atomic mass is 35.5. The second-order valence-electron chi connectivity index (χ2n) is 9.18. The summed E-state index contributed by atoms with van der Waals surface area (Å²) in [6, 6.07) is 0.103. The van der Waals surface area contributed by atoms with E-state index in [0.29, 0.717) is 19.5 Å². The molecule has 186 valence electrons. The first kappa shape index (κ1) is 26.0. The number of rotatable bonds is 9. The molecule has 1 aliphatic carbocycles. The summed E-state index contributed by atoms with van der Waals surface area (Å²) in [6.07, 6.45) is -0.358. The van der Waals surface area contributed by atoms with Crippen molar-refractivity contribution < 1.29 is 26.0 Å². The van der Waals surface area contributed by atoms with Crippen molar-refractivity contribution in [3.63, 3.8) is 0 Å². The number of carbonyl (C=O) groups excluding carboxylic acids is 1. The smallest absolute Gasteiger partial charge is 0.241 e. The third-order valence-corrected chi connectivity index (χ3v) is 10.2. The number of likely N-dealkylation sites (N-methyl/N-ethyl adjacent to an activating group) is 1. The Kier molecular flexibility index (Phi) is 8.43. The summed E-state index contributed by atoms with van der Waals surface area (Å²) in [5.41, 5.74) is 2.14. The minimum Gasteiger partial charge on any atom is -0.300 e. The van der Waals surface area contributed by atoms with E-state index in [1.165, 1.54) is 4.31 Å². The fraction of sp³-hybridized carbons (Fsp3) is 0.944. The molecule has 10 nitrogen and oxygen atoms in total. The molecule has 2 heterocycles. The van der Waals surface area contributed by atoms with E-state index in [1.54, 1.807) is 6.92 Å². The van der Waals surface area contributed by atoms with E-state index < -0.39 is 43.4 Å². The lowest BCUT2D eigenvalue weighted by Crippen LogP contribution is -2.56. The van der Waals surface area contributed by atoms with Crippen molar-refractivity contribution >= 4 is 37.6 Å². The molecule has 3 N–H and O–H groups in total. The van der Waals surface area contributed by atoms with Crippen molar-refractivity contribution in [3.8, 4) is 0 Å². The van der Waals surface area contributed by atoms with Gasteiger partial charge in [0.2, 0.25) is 26.0 Å². The van der Waals surface area contributed by atoms with Crippen LogP contribution in [0.25, 0.3) is 0 Å². The fourth-order valence-corrected chi connectivity index (χ4v) is 7.90. The highest BCUT2D eigenvalue weighted by Gasteiger charge is 2.44. The zero-order chi connectivity index (χ0) is 23.7. The second kappa shape index (κ2) is 10.4. The Morgan fingerprint density at radius 2 is 1.88 bits per heavy atom. The van der Waals surface area contributed by atoms with Gasteiger partial charge in [-0.05, 0) is 32.2 Å². The summed E-state index contributed by atoms with van der Waals surface area (Å²) in [5, 5.41) is 2.52. The molecule has 3 fully saturated rings. The van der Waals surface area contributed by atoms with Crippen molar-refractivity contribution in [1.29, 1.82) is 0 Å². The normalized spacial score (nSPS) is 33.2. The third kappa shape index (κ3) is 6.30. The van der Waals surface area contributed by atoms with E-state index in [-0.39, 0.29) is 48.9 Å². The summed E-state index contributed by atoms with van der Waals surface area (Å²) in [6.45, 7) is 3.51. The van der Waals surface area contributed by atoms with Gasteiger partial charge in [0.1, 0.15) is 6.17 Å². The van der Waals surface area contributed by atoms with Gasteiger partial charge in [0.25, 0.3) is 0 Å². The van der Waals surface area contributed by atoms with Gasteiger partial charge in [-0.15, -0.1) is 16.4 Å². The number of hydrogen-bond donors (Lipinski definition) is 3. The predicted octanol–water partition coefficient (Wildman–Crippen LogP) is -0.559. The maximum absolute atomic E-state index is 14.7. The number of amides is 1. The maximum atomic E-state index is 14.7. The van der Waals surface area contributed by atoms with Crippen LogP contribution in [0.3, 0.4) is 0 Å². The fourth-order valence-electron chi connectivity index (χ4n) is 4.67. The zero-order valence-corrected chi connectivity index (χ0v) is 20.7. The van der Waals surface area contributed by atoms with Crippen molar-refractivity contribution in [2.24, 2.45) is 17.8 Å². The number of hydrogen-bond acceptors (Lipinski definition) is 7. The molecule has 3 rings (SSSR count). The summed E-state index contributed by atoms with van der Waals surface area (Å²) >= 11 is 6.18. The van der Waals surface area contributed by atoms with Crippen LogP contribution < -0.4 is 15.6 Å². The number of sulfonamides is 2. The molecule has 2 saturated heterocycles. The van der Waals surface area contributed by atoms with E-state index in [4.69, 9.17) is 11.6 Å². The molecule has 1 amide bonds. The first-order valence-electron chi connectivity index (χ1n) is 10.9. The first-order valence-corrected chi connectivity index (χ1v) is 14.6. The van der Waals surface area contributed by atoms with Crippen LogP contribution in [0.4, 0.5) is 4.39 Å². The number of alkyl halides is 2.